The second-order valence-electron chi connectivity index (χ2n) is 3.95. The molecule has 2 aromatic heterocycles. The Balaban J connectivity index is 1.98. The number of hydrogen-bond donors (Lipinski definition) is 2. The highest BCUT2D eigenvalue weighted by Crippen LogP contribution is 2.11. The zero-order valence-electron chi connectivity index (χ0n) is 10.3. The normalized spacial score (nSPS) is 10.2. The molecule has 104 valence electrons. The largest absolute Gasteiger partial charge is 0.481 e. The molecule has 0 atom stereocenters. The molecule has 7 nitrogen and oxygen atoms in total. The summed E-state index contributed by atoms with van der Waals surface area (Å²) in [5, 5.41) is 15.1. The van der Waals surface area contributed by atoms with Gasteiger partial charge >= 0.3 is 5.97 Å². The molecule has 0 aromatic carbocycles. The maximum Gasteiger partial charge on any atom is 0.305 e. The smallest absolute Gasteiger partial charge is 0.305 e. The van der Waals surface area contributed by atoms with Crippen molar-refractivity contribution in [2.45, 2.75) is 13.0 Å². The molecule has 8 heteroatoms. The zero-order chi connectivity index (χ0) is 14.5. The van der Waals surface area contributed by atoms with Crippen molar-refractivity contribution in [2.24, 2.45) is 0 Å². The quantitative estimate of drug-likeness (QED) is 0.865. The van der Waals surface area contributed by atoms with Gasteiger partial charge in [-0.15, -0.1) is 0 Å². The highest BCUT2D eigenvalue weighted by molar-refractivity contribution is 9.10. The van der Waals surface area contributed by atoms with Gasteiger partial charge in [-0.05, 0) is 28.1 Å². The molecule has 0 saturated heterocycles. The van der Waals surface area contributed by atoms with Gasteiger partial charge < -0.3 is 10.4 Å². The van der Waals surface area contributed by atoms with Crippen molar-refractivity contribution in [1.82, 2.24) is 14.8 Å². The van der Waals surface area contributed by atoms with Gasteiger partial charge in [-0.1, -0.05) is 0 Å². The maximum absolute atomic E-state index is 11.9. The third-order valence-corrected chi connectivity index (χ3v) is 2.89. The Morgan fingerprint density at radius 1 is 1.35 bits per heavy atom. The summed E-state index contributed by atoms with van der Waals surface area (Å²) < 4.78 is 2.23. The third-order valence-electron chi connectivity index (χ3n) is 2.42. The van der Waals surface area contributed by atoms with Gasteiger partial charge in [-0.25, -0.2) is 4.98 Å². The molecule has 2 heterocycles. The Labute approximate surface area is 122 Å². The second-order valence-corrected chi connectivity index (χ2v) is 4.87. The lowest BCUT2D eigenvalue weighted by Crippen LogP contribution is -2.12. The number of carboxylic acid groups (broad SMARTS) is 1. The first-order valence-electron chi connectivity index (χ1n) is 5.72. The summed E-state index contributed by atoms with van der Waals surface area (Å²) in [6, 6.07) is 3.43. The number of aromatic nitrogens is 3. The molecule has 2 N–H and O–H groups in total. The van der Waals surface area contributed by atoms with Crippen molar-refractivity contribution in [3.8, 4) is 0 Å². The van der Waals surface area contributed by atoms with E-state index in [4.69, 9.17) is 5.11 Å². The van der Waals surface area contributed by atoms with Crippen molar-refractivity contribution < 1.29 is 14.7 Å². The zero-order valence-corrected chi connectivity index (χ0v) is 11.9. The second kappa shape index (κ2) is 6.29. The predicted octanol–water partition coefficient (Wildman–Crippen LogP) is 1.77. The van der Waals surface area contributed by atoms with Crippen LogP contribution in [0.4, 0.5) is 5.82 Å². The number of carbonyl (C=O) groups excluding carboxylic acids is 1. The minimum absolute atomic E-state index is 0.0446. The van der Waals surface area contributed by atoms with E-state index in [0.29, 0.717) is 11.4 Å². The monoisotopic (exact) mass is 338 g/mol. The van der Waals surface area contributed by atoms with E-state index in [1.54, 1.807) is 18.3 Å². The van der Waals surface area contributed by atoms with Gasteiger partial charge in [-0.2, -0.15) is 5.10 Å². The predicted molar refractivity (Wildman–Crippen MR) is 74.4 cm³/mol. The number of anilines is 1. The molecule has 2 aromatic rings. The number of hydrogen-bond acceptors (Lipinski definition) is 4. The van der Waals surface area contributed by atoms with Gasteiger partial charge in [0.05, 0.1) is 24.7 Å². The van der Waals surface area contributed by atoms with Crippen LogP contribution in [0.3, 0.4) is 0 Å². The van der Waals surface area contributed by atoms with Crippen LogP contribution in [0.15, 0.2) is 35.2 Å². The molecule has 0 saturated carbocycles. The van der Waals surface area contributed by atoms with E-state index in [1.165, 1.54) is 17.1 Å². The molecule has 0 aliphatic carbocycles. The van der Waals surface area contributed by atoms with Crippen LogP contribution in [-0.2, 0) is 11.3 Å². The van der Waals surface area contributed by atoms with E-state index in [-0.39, 0.29) is 18.9 Å². The van der Waals surface area contributed by atoms with Gasteiger partial charge in [0.25, 0.3) is 5.91 Å². The van der Waals surface area contributed by atoms with Crippen LogP contribution in [0.25, 0.3) is 0 Å². The van der Waals surface area contributed by atoms with Crippen LogP contribution in [0.2, 0.25) is 0 Å². The maximum atomic E-state index is 11.9. The van der Waals surface area contributed by atoms with Crippen LogP contribution in [0, 0.1) is 0 Å². The van der Waals surface area contributed by atoms with E-state index < -0.39 is 5.97 Å². The third kappa shape index (κ3) is 3.89. The Morgan fingerprint density at radius 2 is 2.15 bits per heavy atom. The highest BCUT2D eigenvalue weighted by atomic mass is 79.9. The standard InChI is InChI=1S/C12H11BrN4O3/c13-9-1-2-10(14-6-9)16-12(20)8-5-15-17(7-8)4-3-11(18)19/h1-2,5-7H,3-4H2,(H,18,19)(H,14,16,20). The minimum atomic E-state index is -0.912. The van der Waals surface area contributed by atoms with Gasteiger partial charge in [0, 0.05) is 16.9 Å². The van der Waals surface area contributed by atoms with Gasteiger partial charge in [0.1, 0.15) is 5.82 Å². The van der Waals surface area contributed by atoms with E-state index in [9.17, 15) is 9.59 Å². The van der Waals surface area contributed by atoms with Crippen molar-refractivity contribution in [3.05, 3.63) is 40.8 Å². The summed E-state index contributed by atoms with van der Waals surface area (Å²) in [7, 11) is 0. The van der Waals surface area contributed by atoms with Gasteiger partial charge in [0.2, 0.25) is 0 Å². The first kappa shape index (κ1) is 14.2. The number of nitrogens with zero attached hydrogens (tertiary/aromatic N) is 3. The topological polar surface area (TPSA) is 97.1 Å². The Bertz CT molecular complexity index is 624. The summed E-state index contributed by atoms with van der Waals surface area (Å²) in [6.45, 7) is 0.221. The number of carbonyl (C=O) groups is 2. The summed E-state index contributed by atoms with van der Waals surface area (Å²) in [5.41, 5.74) is 0.347. The molecule has 0 aliphatic heterocycles. The van der Waals surface area contributed by atoms with E-state index in [2.05, 4.69) is 31.3 Å². The van der Waals surface area contributed by atoms with Crippen LogP contribution in [0.5, 0.6) is 0 Å². The fraction of sp³-hybridized carbons (Fsp3) is 0.167. The molecule has 2 rings (SSSR count). The fourth-order valence-corrected chi connectivity index (χ4v) is 1.69. The van der Waals surface area contributed by atoms with Crippen LogP contribution in [-0.4, -0.2) is 31.7 Å². The van der Waals surface area contributed by atoms with E-state index >= 15 is 0 Å². The number of halogens is 1. The Morgan fingerprint density at radius 3 is 2.80 bits per heavy atom. The van der Waals surface area contributed by atoms with Crippen molar-refractivity contribution in [2.75, 3.05) is 5.32 Å². The number of aryl methyl sites for hydroxylation is 1. The van der Waals surface area contributed by atoms with Gasteiger partial charge in [-0.3, -0.25) is 14.3 Å². The van der Waals surface area contributed by atoms with E-state index in [1.807, 2.05) is 0 Å². The molecule has 0 aliphatic rings. The molecule has 0 bridgehead atoms. The number of carboxylic acids is 1. The molecule has 0 spiro atoms. The average Bonchev–Trinajstić information content (AvgIpc) is 2.88. The number of rotatable bonds is 5. The first-order chi connectivity index (χ1) is 9.54. The first-order valence-corrected chi connectivity index (χ1v) is 6.51. The summed E-state index contributed by atoms with van der Waals surface area (Å²) >= 11 is 3.25. The van der Waals surface area contributed by atoms with Crippen LogP contribution < -0.4 is 5.32 Å². The number of amides is 1. The summed E-state index contributed by atoms with van der Waals surface area (Å²) in [4.78, 5) is 26.4. The molecule has 0 unspecified atom stereocenters. The number of pyridine rings is 1. The molecule has 1 amide bonds. The van der Waals surface area contributed by atoms with Crippen molar-refractivity contribution in [1.29, 1.82) is 0 Å². The number of nitrogens with one attached hydrogen (secondary N) is 1. The number of aliphatic carboxylic acids is 1. The molecule has 0 radical (unpaired) electrons. The van der Waals surface area contributed by atoms with Crippen LogP contribution >= 0.6 is 15.9 Å². The fourth-order valence-electron chi connectivity index (χ4n) is 1.45. The highest BCUT2D eigenvalue weighted by Gasteiger charge is 2.10. The lowest BCUT2D eigenvalue weighted by Gasteiger charge is -2.02. The van der Waals surface area contributed by atoms with Gasteiger partial charge in [0.15, 0.2) is 0 Å². The average molecular weight is 339 g/mol. The molecular weight excluding hydrogens is 328 g/mol. The minimum Gasteiger partial charge on any atom is -0.481 e. The Kier molecular flexibility index (Phi) is 4.46. The molecule has 20 heavy (non-hydrogen) atoms. The summed E-state index contributed by atoms with van der Waals surface area (Å²) in [6.07, 6.45) is 4.41. The van der Waals surface area contributed by atoms with Crippen LogP contribution in [0.1, 0.15) is 16.8 Å². The molecule has 0 fully saturated rings. The van der Waals surface area contributed by atoms with E-state index in [0.717, 1.165) is 4.47 Å². The van der Waals surface area contributed by atoms with Crippen molar-refractivity contribution >= 4 is 33.6 Å². The lowest BCUT2D eigenvalue weighted by molar-refractivity contribution is -0.137. The Hall–Kier alpha value is -2.22. The lowest BCUT2D eigenvalue weighted by atomic mass is 10.3. The summed E-state index contributed by atoms with van der Waals surface area (Å²) in [5.74, 6) is -0.830. The molecular formula is C12H11BrN4O3. The SMILES string of the molecule is O=C(O)CCn1cc(C(=O)Nc2ccc(Br)cn2)cn1. The van der Waals surface area contributed by atoms with Crippen molar-refractivity contribution in [3.63, 3.8) is 0 Å².